The van der Waals surface area contributed by atoms with Gasteiger partial charge in [-0.2, -0.15) is 0 Å². The van der Waals surface area contributed by atoms with Gasteiger partial charge in [-0.15, -0.1) is 12.5 Å². The molecule has 0 aromatic heterocycles. The summed E-state index contributed by atoms with van der Waals surface area (Å²) < 4.78 is 0. The summed E-state index contributed by atoms with van der Waals surface area (Å²) >= 11 is 0. The van der Waals surface area contributed by atoms with E-state index in [2.05, 4.69) is 48.7 Å². The molecule has 2 rings (SSSR count). The third-order valence-electron chi connectivity index (χ3n) is 2.73. The maximum Gasteiger partial charge on any atom is 1.00 e. The van der Waals surface area contributed by atoms with Gasteiger partial charge in [0.1, 0.15) is 0 Å². The van der Waals surface area contributed by atoms with Crippen LogP contribution in [-0.4, -0.2) is 18.0 Å². The minimum atomic E-state index is 0. The summed E-state index contributed by atoms with van der Waals surface area (Å²) in [5.74, 6) is 0.415. The average molecular weight is 193 g/mol. The van der Waals surface area contributed by atoms with Crippen molar-refractivity contribution in [2.75, 3.05) is 13.1 Å². The van der Waals surface area contributed by atoms with E-state index in [0.717, 1.165) is 19.6 Å². The van der Waals surface area contributed by atoms with E-state index >= 15 is 0 Å². The van der Waals surface area contributed by atoms with E-state index in [-0.39, 0.29) is 18.9 Å². The van der Waals surface area contributed by atoms with Gasteiger partial charge in [-0.05, 0) is 12.1 Å². The molecule has 0 bridgehead atoms. The Morgan fingerprint density at radius 3 is 2.53 bits per heavy atom. The second-order valence-corrected chi connectivity index (χ2v) is 4.01. The molecule has 1 nitrogen and oxygen atoms in total. The van der Waals surface area contributed by atoms with Gasteiger partial charge in [-0.1, -0.05) is 35.9 Å². The summed E-state index contributed by atoms with van der Waals surface area (Å²) in [5.41, 5.74) is 2.63. The monoisotopic (exact) mass is 193 g/mol. The number of likely N-dealkylation sites (tertiary alicyclic amines) is 1. The predicted molar refractivity (Wildman–Crippen MR) is 59.7 cm³/mol. The van der Waals surface area contributed by atoms with Crippen molar-refractivity contribution in [1.29, 1.82) is 0 Å². The molecule has 0 N–H and O–H groups in total. The molecule has 1 atom stereocenters. The van der Waals surface area contributed by atoms with Crippen LogP contribution < -0.4 is 18.9 Å². The molecule has 1 aromatic rings. The topological polar surface area (TPSA) is 3.24 Å². The van der Waals surface area contributed by atoms with Gasteiger partial charge in [0, 0.05) is 13.1 Å². The van der Waals surface area contributed by atoms with E-state index in [1.165, 1.54) is 11.1 Å². The van der Waals surface area contributed by atoms with Gasteiger partial charge in [0.2, 0.25) is 0 Å². The van der Waals surface area contributed by atoms with Gasteiger partial charge in [0.25, 0.3) is 0 Å². The molecular formula is C13H16LiN. The summed E-state index contributed by atoms with van der Waals surface area (Å²) in [5, 5.41) is 0. The standard InChI is InChI=1S/C13H16N.Li/c1-11-8-14(9-12(11)2)10-13-6-4-3-5-7-13;/h3-7,11H,1-2,8-10H2;/q-1;+1. The summed E-state index contributed by atoms with van der Waals surface area (Å²) in [6.45, 7) is 11.2. The molecule has 74 valence electrons. The first-order valence-corrected chi connectivity index (χ1v) is 5.03. The average Bonchev–Trinajstić information content (AvgIpc) is 2.47. The molecule has 15 heavy (non-hydrogen) atoms. The quantitative estimate of drug-likeness (QED) is 0.348. The maximum absolute atomic E-state index is 4.07. The second kappa shape index (κ2) is 5.56. The van der Waals surface area contributed by atoms with Crippen LogP contribution in [0.15, 0.2) is 42.5 Å². The van der Waals surface area contributed by atoms with Crippen molar-refractivity contribution in [3.05, 3.63) is 55.0 Å². The molecule has 1 aliphatic heterocycles. The molecule has 0 radical (unpaired) electrons. The van der Waals surface area contributed by atoms with Crippen molar-refractivity contribution < 1.29 is 18.9 Å². The first-order chi connectivity index (χ1) is 6.75. The Bertz CT molecular complexity index is 321. The van der Waals surface area contributed by atoms with Crippen LogP contribution in [0.4, 0.5) is 0 Å². The molecule has 0 spiro atoms. The maximum atomic E-state index is 4.07. The van der Waals surface area contributed by atoms with Crippen molar-refractivity contribution >= 4 is 0 Å². The number of benzene rings is 1. The number of hydrogen-bond donors (Lipinski definition) is 0. The Morgan fingerprint density at radius 2 is 2.00 bits per heavy atom. The van der Waals surface area contributed by atoms with Gasteiger partial charge in [0.15, 0.2) is 0 Å². The van der Waals surface area contributed by atoms with Crippen LogP contribution in [-0.2, 0) is 6.54 Å². The Hall–Kier alpha value is -0.483. The van der Waals surface area contributed by atoms with E-state index in [1.807, 2.05) is 0 Å². The molecule has 1 fully saturated rings. The van der Waals surface area contributed by atoms with Crippen LogP contribution >= 0.6 is 0 Å². The Labute approximate surface area is 104 Å². The SMILES string of the molecule is C=C1CN(Cc2ccccc2)CC1[CH2-].[Li+]. The zero-order valence-corrected chi connectivity index (χ0v) is 9.45. The Morgan fingerprint density at radius 1 is 1.33 bits per heavy atom. The van der Waals surface area contributed by atoms with Crippen molar-refractivity contribution in [3.63, 3.8) is 0 Å². The van der Waals surface area contributed by atoms with Gasteiger partial charge in [0.05, 0.1) is 0 Å². The van der Waals surface area contributed by atoms with E-state index in [0.29, 0.717) is 5.92 Å². The Balaban J connectivity index is 0.00000112. The fourth-order valence-electron chi connectivity index (χ4n) is 1.88. The van der Waals surface area contributed by atoms with Crippen molar-refractivity contribution in [2.45, 2.75) is 6.54 Å². The summed E-state index contributed by atoms with van der Waals surface area (Å²) in [6, 6.07) is 10.6. The van der Waals surface area contributed by atoms with Crippen LogP contribution in [0.3, 0.4) is 0 Å². The van der Waals surface area contributed by atoms with E-state index in [4.69, 9.17) is 0 Å². The van der Waals surface area contributed by atoms with Crippen LogP contribution in [0, 0.1) is 12.8 Å². The van der Waals surface area contributed by atoms with Crippen molar-refractivity contribution in [2.24, 2.45) is 5.92 Å². The summed E-state index contributed by atoms with van der Waals surface area (Å²) in [4.78, 5) is 2.40. The first-order valence-electron chi connectivity index (χ1n) is 5.03. The smallest absolute Gasteiger partial charge is 0.335 e. The van der Waals surface area contributed by atoms with E-state index in [9.17, 15) is 0 Å². The largest absolute Gasteiger partial charge is 1.00 e. The minimum Gasteiger partial charge on any atom is -0.335 e. The zero-order chi connectivity index (χ0) is 9.97. The number of hydrogen-bond acceptors (Lipinski definition) is 1. The van der Waals surface area contributed by atoms with Crippen LogP contribution in [0.5, 0.6) is 0 Å². The van der Waals surface area contributed by atoms with Gasteiger partial charge < -0.3 is 6.92 Å². The van der Waals surface area contributed by atoms with Crippen molar-refractivity contribution in [3.8, 4) is 0 Å². The molecular weight excluding hydrogens is 177 g/mol. The zero-order valence-electron chi connectivity index (χ0n) is 9.45. The van der Waals surface area contributed by atoms with Crippen molar-refractivity contribution in [1.82, 2.24) is 4.90 Å². The second-order valence-electron chi connectivity index (χ2n) is 4.01. The number of nitrogens with zero attached hydrogens (tertiary/aromatic N) is 1. The van der Waals surface area contributed by atoms with Crippen LogP contribution in [0.1, 0.15) is 5.56 Å². The predicted octanol–water partition coefficient (Wildman–Crippen LogP) is -0.487. The first kappa shape index (κ1) is 12.6. The Kier molecular flexibility index (Phi) is 4.67. The molecule has 1 aliphatic rings. The summed E-state index contributed by atoms with van der Waals surface area (Å²) in [7, 11) is 0. The minimum absolute atomic E-state index is 0. The molecule has 0 aliphatic carbocycles. The van der Waals surface area contributed by atoms with Gasteiger partial charge >= 0.3 is 18.9 Å². The molecule has 1 aromatic carbocycles. The normalized spacial score (nSPS) is 21.4. The third-order valence-corrected chi connectivity index (χ3v) is 2.73. The molecule has 1 unspecified atom stereocenters. The van der Waals surface area contributed by atoms with Crippen LogP contribution in [0.25, 0.3) is 0 Å². The van der Waals surface area contributed by atoms with Gasteiger partial charge in [-0.3, -0.25) is 4.90 Å². The molecule has 0 amide bonds. The van der Waals surface area contributed by atoms with Crippen LogP contribution in [0.2, 0.25) is 0 Å². The fourth-order valence-corrected chi connectivity index (χ4v) is 1.88. The molecule has 0 saturated carbocycles. The molecule has 1 heterocycles. The molecule has 1 saturated heterocycles. The molecule has 2 heteroatoms. The number of rotatable bonds is 2. The fraction of sp³-hybridized carbons (Fsp3) is 0.308. The van der Waals surface area contributed by atoms with Gasteiger partial charge in [-0.25, -0.2) is 0 Å². The van der Waals surface area contributed by atoms with E-state index < -0.39 is 0 Å². The summed E-state index contributed by atoms with van der Waals surface area (Å²) in [6.07, 6.45) is 0. The van der Waals surface area contributed by atoms with E-state index in [1.54, 1.807) is 0 Å². The third kappa shape index (κ3) is 3.24.